The molecule has 1 heterocycles. The Morgan fingerprint density at radius 1 is 0.875 bits per heavy atom. The van der Waals surface area contributed by atoms with Crippen molar-refractivity contribution in [3.05, 3.63) is 94.5 Å². The Bertz CT molecular complexity index is 652. The van der Waals surface area contributed by atoms with E-state index in [1.54, 1.807) is 0 Å². The second-order valence-electron chi connectivity index (χ2n) is 5.85. The second kappa shape index (κ2) is 10.0. The van der Waals surface area contributed by atoms with Crippen molar-refractivity contribution in [2.75, 3.05) is 13.1 Å². The molecule has 0 aliphatic carbocycles. The summed E-state index contributed by atoms with van der Waals surface area (Å²) in [6, 6.07) is 27.7. The first-order valence-electron chi connectivity index (χ1n) is 8.23. The molecule has 1 nitrogen and oxygen atoms in total. The Hall–Kier alpha value is -1.12. The molecule has 3 aromatic rings. The third-order valence-corrected chi connectivity index (χ3v) is 4.99. The summed E-state index contributed by atoms with van der Waals surface area (Å²) < 4.78 is 1.21. The van der Waals surface area contributed by atoms with Crippen LogP contribution in [0, 0.1) is 0 Å². The number of hydrogen-bond acceptors (Lipinski definition) is 1. The number of benzene rings is 1. The first kappa shape index (κ1) is 19.2. The van der Waals surface area contributed by atoms with Gasteiger partial charge in [-0.1, -0.05) is 34.1 Å². The predicted octanol–water partition coefficient (Wildman–Crippen LogP) is 5.76. The van der Waals surface area contributed by atoms with Gasteiger partial charge < -0.3 is 35.2 Å². The van der Waals surface area contributed by atoms with Gasteiger partial charge in [0.2, 0.25) is 0 Å². The fourth-order valence-electron chi connectivity index (χ4n) is 3.18. The molecule has 24 heavy (non-hydrogen) atoms. The van der Waals surface area contributed by atoms with E-state index in [-0.39, 0.29) is 17.1 Å². The summed E-state index contributed by atoms with van der Waals surface area (Å²) in [6.45, 7) is 2.41. The number of halogens is 1. The van der Waals surface area contributed by atoms with Crippen LogP contribution in [0.3, 0.4) is 0 Å². The molecule has 3 heteroatoms. The second-order valence-corrected chi connectivity index (χ2v) is 6.70. The Labute approximate surface area is 164 Å². The molecule has 1 aliphatic heterocycles. The molecule has 0 spiro atoms. The van der Waals surface area contributed by atoms with E-state index in [9.17, 15) is 0 Å². The van der Waals surface area contributed by atoms with Crippen LogP contribution in [-0.2, 0) is 17.1 Å². The van der Waals surface area contributed by atoms with E-state index in [0.717, 1.165) is 0 Å². The normalized spacial score (nSPS) is 15.2. The summed E-state index contributed by atoms with van der Waals surface area (Å²) in [7, 11) is 0. The van der Waals surface area contributed by atoms with Crippen LogP contribution in [-0.4, -0.2) is 18.0 Å². The predicted molar refractivity (Wildman–Crippen MR) is 101 cm³/mol. The van der Waals surface area contributed by atoms with Gasteiger partial charge in [-0.15, -0.1) is 5.56 Å². The van der Waals surface area contributed by atoms with Crippen molar-refractivity contribution in [3.63, 3.8) is 0 Å². The van der Waals surface area contributed by atoms with Crippen LogP contribution in [0.1, 0.15) is 30.0 Å². The van der Waals surface area contributed by atoms with Crippen LogP contribution in [0.15, 0.2) is 83.3 Å². The molecule has 1 atom stereocenters. The smallest absolute Gasteiger partial charge is 0.0215 e. The van der Waals surface area contributed by atoms with E-state index < -0.39 is 0 Å². The first-order valence-corrected chi connectivity index (χ1v) is 9.02. The molecule has 1 unspecified atom stereocenters. The molecule has 4 rings (SSSR count). The topological polar surface area (TPSA) is 3.24 Å². The maximum atomic E-state index is 3.70. The fourth-order valence-corrected chi connectivity index (χ4v) is 3.68. The minimum Gasteiger partial charge on any atom is -0.748 e. The molecule has 1 saturated heterocycles. The largest absolute Gasteiger partial charge is 0.748 e. The van der Waals surface area contributed by atoms with E-state index in [1.165, 1.54) is 41.5 Å². The van der Waals surface area contributed by atoms with Crippen molar-refractivity contribution >= 4 is 15.9 Å². The minimum absolute atomic E-state index is 0. The molecular weight excluding hydrogens is 402 g/mol. The van der Waals surface area contributed by atoms with E-state index in [4.69, 9.17) is 0 Å². The average Bonchev–Trinajstić information content (AvgIpc) is 3.36. The van der Waals surface area contributed by atoms with Crippen molar-refractivity contribution in [1.82, 2.24) is 4.90 Å². The monoisotopic (exact) mass is 423 g/mol. The molecule has 3 aromatic carbocycles. The quantitative estimate of drug-likeness (QED) is 0.382. The summed E-state index contributed by atoms with van der Waals surface area (Å²) >= 11 is 3.70. The Morgan fingerprint density at radius 2 is 1.42 bits per heavy atom. The molecule has 0 aromatic heterocycles. The van der Waals surface area contributed by atoms with Crippen LogP contribution in [0.25, 0.3) is 0 Å². The first-order chi connectivity index (χ1) is 11.4. The van der Waals surface area contributed by atoms with Gasteiger partial charge in [-0.25, -0.2) is 12.1 Å². The van der Waals surface area contributed by atoms with Gasteiger partial charge in [-0.05, 0) is 37.6 Å². The number of likely N-dealkylation sites (tertiary alicyclic amines) is 1. The summed E-state index contributed by atoms with van der Waals surface area (Å²) in [5.41, 5.74) is 2.79. The van der Waals surface area contributed by atoms with E-state index in [2.05, 4.69) is 69.4 Å². The van der Waals surface area contributed by atoms with Gasteiger partial charge >= 0.3 is 0 Å². The summed E-state index contributed by atoms with van der Waals surface area (Å²) in [4.78, 5) is 2.59. The molecule has 0 amide bonds. The van der Waals surface area contributed by atoms with Gasteiger partial charge in [0.25, 0.3) is 0 Å². The molecule has 1 aliphatic rings. The number of rotatable bonds is 3. The zero-order chi connectivity index (χ0) is 15.9. The third kappa shape index (κ3) is 4.94. The van der Waals surface area contributed by atoms with Gasteiger partial charge in [0.15, 0.2) is 0 Å². The summed E-state index contributed by atoms with van der Waals surface area (Å²) in [5, 5.41) is 0. The third-order valence-electron chi connectivity index (χ3n) is 4.27. The van der Waals surface area contributed by atoms with Crippen molar-refractivity contribution < 1.29 is 17.1 Å². The fraction of sp³-hybridized carbons (Fsp3) is 0.238. The van der Waals surface area contributed by atoms with Crippen LogP contribution in [0.5, 0.6) is 0 Å². The maximum absolute atomic E-state index is 3.70. The summed E-state index contributed by atoms with van der Waals surface area (Å²) in [6.07, 6.45) is 2.64. The molecule has 0 radical (unpaired) electrons. The van der Waals surface area contributed by atoms with Crippen LogP contribution < -0.4 is 0 Å². The van der Waals surface area contributed by atoms with Gasteiger partial charge in [0, 0.05) is 27.6 Å². The van der Waals surface area contributed by atoms with Gasteiger partial charge in [0.05, 0.1) is 0 Å². The van der Waals surface area contributed by atoms with Crippen LogP contribution in [0.2, 0.25) is 0 Å². The molecule has 0 saturated carbocycles. The van der Waals surface area contributed by atoms with Crippen molar-refractivity contribution in [2.45, 2.75) is 18.9 Å². The Morgan fingerprint density at radius 3 is 1.96 bits per heavy atom. The standard InChI is InChI=1S/C16H17BrN.C5H5.Fe/c17-15-10-4-3-9-14(15)16(13-7-1-2-8-13)18-11-5-6-12-18;1-2-4-5-3-1;/h1-4,7-10,16H,5-6,11-12H2;1-5H;/q-1;-5;. The molecular formula is C21H22BrFeN-6. The zero-order valence-electron chi connectivity index (χ0n) is 13.6. The van der Waals surface area contributed by atoms with E-state index >= 15 is 0 Å². The van der Waals surface area contributed by atoms with Gasteiger partial charge in [-0.2, -0.15) is 12.1 Å². The van der Waals surface area contributed by atoms with Crippen molar-refractivity contribution in [3.8, 4) is 0 Å². The average molecular weight is 424 g/mol. The molecule has 1 fully saturated rings. The van der Waals surface area contributed by atoms with Crippen LogP contribution in [0.4, 0.5) is 0 Å². The molecule has 0 bridgehead atoms. The Kier molecular flexibility index (Phi) is 8.01. The molecule has 0 N–H and O–H groups in total. The van der Waals surface area contributed by atoms with Gasteiger partial charge in [0.1, 0.15) is 0 Å². The number of hydrogen-bond donors (Lipinski definition) is 0. The SMILES string of the molecule is Brc1ccccc1C([c-]1cccc1)N1CCCC1.[Fe].[cH-]1[cH-][cH-][cH-][cH-]1. The van der Waals surface area contributed by atoms with E-state index in [1.807, 2.05) is 30.3 Å². The Balaban J connectivity index is 0.000000300. The number of nitrogens with zero attached hydrogens (tertiary/aromatic N) is 1. The van der Waals surface area contributed by atoms with Crippen molar-refractivity contribution in [2.24, 2.45) is 0 Å². The maximum Gasteiger partial charge on any atom is 0.0215 e. The van der Waals surface area contributed by atoms with Crippen LogP contribution >= 0.6 is 15.9 Å². The van der Waals surface area contributed by atoms with Gasteiger partial charge in [-0.3, -0.25) is 0 Å². The van der Waals surface area contributed by atoms with E-state index in [0.29, 0.717) is 6.04 Å². The minimum atomic E-state index is 0. The molecule has 132 valence electrons. The summed E-state index contributed by atoms with van der Waals surface area (Å²) in [5.74, 6) is 0. The van der Waals surface area contributed by atoms with Crippen molar-refractivity contribution in [1.29, 1.82) is 0 Å². The zero-order valence-corrected chi connectivity index (χ0v) is 16.3.